The smallest absolute Gasteiger partial charge is 0.407 e. The van der Waals surface area contributed by atoms with Crippen molar-refractivity contribution in [3.63, 3.8) is 0 Å². The van der Waals surface area contributed by atoms with Crippen molar-refractivity contribution in [1.82, 2.24) is 10.2 Å². The zero-order valence-electron chi connectivity index (χ0n) is 39.2. The quantitative estimate of drug-likeness (QED) is 0.0211. The number of hydrogen-bond donors (Lipinski definition) is 1. The molecule has 0 aromatic heterocycles. The van der Waals surface area contributed by atoms with Gasteiger partial charge in [0, 0.05) is 45.2 Å². The van der Waals surface area contributed by atoms with Crippen molar-refractivity contribution in [3.05, 3.63) is 24.3 Å². The molecule has 350 valence electrons. The van der Waals surface area contributed by atoms with Gasteiger partial charge in [0.05, 0.1) is 12.3 Å². The van der Waals surface area contributed by atoms with E-state index in [0.29, 0.717) is 26.1 Å². The van der Waals surface area contributed by atoms with Crippen LogP contribution in [0, 0.1) is 5.92 Å². The second-order valence-corrected chi connectivity index (χ2v) is 16.9. The maximum absolute atomic E-state index is 13.0. The molecule has 1 rings (SSSR count). The maximum atomic E-state index is 13.0. The molecule has 0 spiro atoms. The molecule has 1 aliphatic rings. The van der Waals surface area contributed by atoms with Gasteiger partial charge in [0.15, 0.2) is 6.29 Å². The summed E-state index contributed by atoms with van der Waals surface area (Å²) in [6.45, 7) is 12.9. The van der Waals surface area contributed by atoms with E-state index in [9.17, 15) is 14.4 Å². The first-order valence-corrected chi connectivity index (χ1v) is 24.9. The van der Waals surface area contributed by atoms with E-state index in [2.05, 4.69) is 62.2 Å². The van der Waals surface area contributed by atoms with Crippen LogP contribution in [0.25, 0.3) is 0 Å². The van der Waals surface area contributed by atoms with Gasteiger partial charge >= 0.3 is 18.0 Å². The number of nitrogens with one attached hydrogen (secondary N) is 1. The lowest BCUT2D eigenvalue weighted by Crippen LogP contribution is -2.45. The number of alkyl carbamates (subject to hydrolysis) is 1. The fraction of sp³-hybridized carbons (Fsp3) is 0.860. The van der Waals surface area contributed by atoms with Gasteiger partial charge in [-0.25, -0.2) is 4.79 Å². The van der Waals surface area contributed by atoms with Crippen LogP contribution in [0.1, 0.15) is 207 Å². The Morgan fingerprint density at radius 2 is 1.03 bits per heavy atom. The van der Waals surface area contributed by atoms with Crippen molar-refractivity contribution < 1.29 is 38.1 Å². The van der Waals surface area contributed by atoms with Crippen molar-refractivity contribution in [2.24, 2.45) is 5.92 Å². The summed E-state index contributed by atoms with van der Waals surface area (Å²) in [4.78, 5) is 40.8. The van der Waals surface area contributed by atoms with Crippen LogP contribution >= 0.6 is 0 Å². The predicted octanol–water partition coefficient (Wildman–Crippen LogP) is 12.6. The lowest BCUT2D eigenvalue weighted by atomic mass is 10.1. The molecule has 1 atom stereocenters. The number of allylic oxidation sites excluding steroid dienone is 4. The van der Waals surface area contributed by atoms with Gasteiger partial charge in [0.1, 0.15) is 19.8 Å². The third kappa shape index (κ3) is 35.2. The number of carbonyl (C=O) groups is 3. The van der Waals surface area contributed by atoms with Crippen LogP contribution < -0.4 is 5.32 Å². The molecule has 0 saturated carbocycles. The molecule has 1 amide bonds. The summed E-state index contributed by atoms with van der Waals surface area (Å²) in [6.07, 6.45) is 37.2. The summed E-state index contributed by atoms with van der Waals surface area (Å²) in [7, 11) is 0. The SMILES string of the molecule is CCCCC/C=C\C/C=C\CCCCCCCC(=O)OCC(COC(=O)CCC(OCCCCCCCC)OCCCCCCCC)COC(=O)NC1CCN(CC)CC1. The number of hydrogen-bond acceptors (Lipinski definition) is 9. The molecule has 1 N–H and O–H groups in total. The van der Waals surface area contributed by atoms with E-state index in [1.54, 1.807) is 0 Å². The van der Waals surface area contributed by atoms with Gasteiger partial charge in [-0.05, 0) is 70.8 Å². The fourth-order valence-electron chi connectivity index (χ4n) is 7.23. The molecule has 10 nitrogen and oxygen atoms in total. The first-order valence-electron chi connectivity index (χ1n) is 24.9. The van der Waals surface area contributed by atoms with Gasteiger partial charge < -0.3 is 33.9 Å². The third-order valence-electron chi connectivity index (χ3n) is 11.3. The van der Waals surface area contributed by atoms with E-state index in [1.807, 2.05) is 0 Å². The summed E-state index contributed by atoms with van der Waals surface area (Å²) < 4.78 is 29.1. The summed E-state index contributed by atoms with van der Waals surface area (Å²) in [6, 6.07) is 0.0673. The van der Waals surface area contributed by atoms with E-state index in [-0.39, 0.29) is 44.2 Å². The lowest BCUT2D eigenvalue weighted by molar-refractivity contribution is -0.161. The first kappa shape index (κ1) is 55.6. The molecule has 60 heavy (non-hydrogen) atoms. The summed E-state index contributed by atoms with van der Waals surface area (Å²) in [5, 5.41) is 2.98. The lowest BCUT2D eigenvalue weighted by Gasteiger charge is -2.31. The Kier molecular flexibility index (Phi) is 38.8. The van der Waals surface area contributed by atoms with E-state index in [0.717, 1.165) is 103 Å². The Hall–Kier alpha value is -2.43. The number of likely N-dealkylation sites (tertiary alicyclic amines) is 1. The van der Waals surface area contributed by atoms with Crippen molar-refractivity contribution in [3.8, 4) is 0 Å². The van der Waals surface area contributed by atoms with Gasteiger partial charge in [0.2, 0.25) is 0 Å². The molecule has 1 aliphatic heterocycles. The number of nitrogens with zero attached hydrogens (tertiary/aromatic N) is 1. The Morgan fingerprint density at radius 3 is 1.60 bits per heavy atom. The van der Waals surface area contributed by atoms with Gasteiger partial charge in [-0.3, -0.25) is 9.59 Å². The Labute approximate surface area is 368 Å². The van der Waals surface area contributed by atoms with Gasteiger partial charge in [-0.2, -0.15) is 0 Å². The first-order chi connectivity index (χ1) is 29.4. The number of amides is 1. The van der Waals surface area contributed by atoms with Crippen molar-refractivity contribution in [1.29, 1.82) is 0 Å². The minimum atomic E-state index is -0.495. The third-order valence-corrected chi connectivity index (χ3v) is 11.3. The van der Waals surface area contributed by atoms with Crippen LogP contribution in [0.15, 0.2) is 24.3 Å². The van der Waals surface area contributed by atoms with Crippen LogP contribution in [-0.2, 0) is 33.3 Å². The molecule has 1 heterocycles. The van der Waals surface area contributed by atoms with Crippen molar-refractivity contribution >= 4 is 18.0 Å². The molecule has 1 unspecified atom stereocenters. The topological polar surface area (TPSA) is 113 Å². The van der Waals surface area contributed by atoms with Crippen LogP contribution in [0.4, 0.5) is 4.79 Å². The van der Waals surface area contributed by atoms with E-state index in [4.69, 9.17) is 23.7 Å². The largest absolute Gasteiger partial charge is 0.465 e. The molecular weight excluding hydrogens is 757 g/mol. The normalized spacial score (nSPS) is 14.3. The Morgan fingerprint density at radius 1 is 0.567 bits per heavy atom. The number of ether oxygens (including phenoxy) is 5. The zero-order valence-corrected chi connectivity index (χ0v) is 39.2. The summed E-state index contributed by atoms with van der Waals surface area (Å²) in [5.74, 6) is -1.13. The van der Waals surface area contributed by atoms with Crippen molar-refractivity contribution in [2.45, 2.75) is 220 Å². The number of piperidine rings is 1. The molecule has 0 aromatic carbocycles. The zero-order chi connectivity index (χ0) is 43.6. The maximum Gasteiger partial charge on any atom is 0.407 e. The standard InChI is InChI=1S/C50H92N2O8/c1-5-9-12-15-18-19-20-21-22-23-24-25-26-27-30-33-47(53)58-42-45(44-60-50(55)51-46-36-38-52(8-4)39-37-46)43-59-48(54)34-35-49(56-40-31-28-16-13-10-6-2)57-41-32-29-17-14-11-7-3/h18-19,21-22,45-46,49H,5-17,20,23-44H2,1-4H3,(H,51,55)/b19-18-,22-21-. The average molecular weight is 849 g/mol. The fourth-order valence-corrected chi connectivity index (χ4v) is 7.23. The van der Waals surface area contributed by atoms with Crippen molar-refractivity contribution in [2.75, 3.05) is 52.7 Å². The second-order valence-electron chi connectivity index (χ2n) is 16.9. The predicted molar refractivity (Wildman–Crippen MR) is 246 cm³/mol. The molecule has 10 heteroatoms. The molecule has 0 bridgehead atoms. The highest BCUT2D eigenvalue weighted by atomic mass is 16.7. The van der Waals surface area contributed by atoms with Crippen LogP contribution in [0.2, 0.25) is 0 Å². The highest BCUT2D eigenvalue weighted by molar-refractivity contribution is 5.70. The molecule has 0 aromatic rings. The average Bonchev–Trinajstić information content (AvgIpc) is 3.25. The number of esters is 2. The van der Waals surface area contributed by atoms with Crippen LogP contribution in [0.5, 0.6) is 0 Å². The molecule has 1 fully saturated rings. The highest BCUT2D eigenvalue weighted by Crippen LogP contribution is 2.15. The molecule has 0 aliphatic carbocycles. The number of rotatable bonds is 41. The highest BCUT2D eigenvalue weighted by Gasteiger charge is 2.23. The Bertz CT molecular complexity index is 1040. The van der Waals surface area contributed by atoms with E-state index in [1.165, 1.54) is 77.0 Å². The summed E-state index contributed by atoms with van der Waals surface area (Å²) in [5.41, 5.74) is 0. The molecule has 0 radical (unpaired) electrons. The second kappa shape index (κ2) is 41.9. The minimum Gasteiger partial charge on any atom is -0.465 e. The molecule has 1 saturated heterocycles. The number of carbonyl (C=O) groups excluding carboxylic acids is 3. The van der Waals surface area contributed by atoms with Gasteiger partial charge in [-0.15, -0.1) is 0 Å². The van der Waals surface area contributed by atoms with Crippen LogP contribution in [0.3, 0.4) is 0 Å². The minimum absolute atomic E-state index is 0.0138. The monoisotopic (exact) mass is 849 g/mol. The van der Waals surface area contributed by atoms with E-state index < -0.39 is 18.3 Å². The van der Waals surface area contributed by atoms with E-state index >= 15 is 0 Å². The van der Waals surface area contributed by atoms with Crippen LogP contribution in [-0.4, -0.2) is 87.9 Å². The summed E-state index contributed by atoms with van der Waals surface area (Å²) >= 11 is 0. The number of unbranched alkanes of at least 4 members (excludes halogenated alkanes) is 18. The van der Waals surface area contributed by atoms with Gasteiger partial charge in [0.25, 0.3) is 0 Å². The Balaban J connectivity index is 2.53. The van der Waals surface area contributed by atoms with Gasteiger partial charge in [-0.1, -0.05) is 148 Å². The molecular formula is C50H92N2O8.